The molecule has 0 spiro atoms. The highest BCUT2D eigenvalue weighted by Crippen LogP contribution is 2.21. The minimum absolute atomic E-state index is 0.153. The first kappa shape index (κ1) is 12.6. The van der Waals surface area contributed by atoms with Crippen LogP contribution in [0.5, 0.6) is 0 Å². The summed E-state index contributed by atoms with van der Waals surface area (Å²) in [5, 5.41) is 9.08. The van der Waals surface area contributed by atoms with Crippen LogP contribution in [0.2, 0.25) is 5.15 Å². The number of hydrogen-bond acceptors (Lipinski definition) is 2. The molecule has 92 valence electrons. The van der Waals surface area contributed by atoms with Crippen molar-refractivity contribution in [2.24, 2.45) is 0 Å². The van der Waals surface area contributed by atoms with Gasteiger partial charge in [0.2, 0.25) is 0 Å². The minimum atomic E-state index is -0.778. The quantitative estimate of drug-likeness (QED) is 0.858. The highest BCUT2D eigenvalue weighted by atomic mass is 35.5. The van der Waals surface area contributed by atoms with Crippen LogP contribution in [0.15, 0.2) is 42.6 Å². The first-order valence-electron chi connectivity index (χ1n) is 5.58. The molecule has 0 amide bonds. The van der Waals surface area contributed by atoms with E-state index >= 15 is 0 Å². The molecule has 1 aromatic carbocycles. The van der Waals surface area contributed by atoms with Crippen LogP contribution in [0, 0.1) is 0 Å². The van der Waals surface area contributed by atoms with Gasteiger partial charge in [-0.1, -0.05) is 35.9 Å². The molecule has 2 rings (SSSR count). The first-order chi connectivity index (χ1) is 8.65. The van der Waals surface area contributed by atoms with Gasteiger partial charge < -0.3 is 5.11 Å². The molecule has 0 bridgehead atoms. The van der Waals surface area contributed by atoms with Gasteiger partial charge in [-0.2, -0.15) is 0 Å². The Morgan fingerprint density at radius 1 is 1.17 bits per heavy atom. The zero-order chi connectivity index (χ0) is 13.0. The number of benzene rings is 1. The van der Waals surface area contributed by atoms with Gasteiger partial charge in [-0.05, 0) is 35.2 Å². The van der Waals surface area contributed by atoms with Crippen LogP contribution in [0.3, 0.4) is 0 Å². The van der Waals surface area contributed by atoms with Crippen molar-refractivity contribution < 1.29 is 9.90 Å². The number of rotatable bonds is 4. The lowest BCUT2D eigenvalue weighted by molar-refractivity contribution is -0.136. The summed E-state index contributed by atoms with van der Waals surface area (Å²) in [5.74, 6) is -0.778. The van der Waals surface area contributed by atoms with Gasteiger partial charge in [-0.3, -0.25) is 4.79 Å². The standard InChI is InChI=1S/C14H12ClNO2/c15-13-9-12(7-8-16-13)11-4-1-10(2-5-11)3-6-14(17)18/h1-2,4-5,7-9H,3,6H2,(H,17,18). The summed E-state index contributed by atoms with van der Waals surface area (Å²) in [4.78, 5) is 14.4. The molecule has 0 saturated carbocycles. The van der Waals surface area contributed by atoms with Crippen molar-refractivity contribution in [1.29, 1.82) is 0 Å². The van der Waals surface area contributed by atoms with Gasteiger partial charge in [-0.25, -0.2) is 4.98 Å². The second-order valence-electron chi connectivity index (χ2n) is 3.96. The van der Waals surface area contributed by atoms with Crippen molar-refractivity contribution in [2.75, 3.05) is 0 Å². The van der Waals surface area contributed by atoms with E-state index in [0.29, 0.717) is 11.6 Å². The van der Waals surface area contributed by atoms with Crippen LogP contribution in [0.4, 0.5) is 0 Å². The summed E-state index contributed by atoms with van der Waals surface area (Å²) in [7, 11) is 0. The maximum absolute atomic E-state index is 10.5. The fourth-order valence-electron chi connectivity index (χ4n) is 1.70. The highest BCUT2D eigenvalue weighted by molar-refractivity contribution is 6.29. The zero-order valence-corrected chi connectivity index (χ0v) is 10.4. The van der Waals surface area contributed by atoms with E-state index in [1.807, 2.05) is 30.3 Å². The second kappa shape index (κ2) is 5.65. The SMILES string of the molecule is O=C(O)CCc1ccc(-c2ccnc(Cl)c2)cc1. The van der Waals surface area contributed by atoms with E-state index in [0.717, 1.165) is 16.7 Å². The molecule has 4 heteroatoms. The van der Waals surface area contributed by atoms with Gasteiger partial charge in [0.1, 0.15) is 5.15 Å². The summed E-state index contributed by atoms with van der Waals surface area (Å²) < 4.78 is 0. The Labute approximate surface area is 110 Å². The largest absolute Gasteiger partial charge is 0.481 e. The predicted molar refractivity (Wildman–Crippen MR) is 70.6 cm³/mol. The van der Waals surface area contributed by atoms with Crippen molar-refractivity contribution in [2.45, 2.75) is 12.8 Å². The molecule has 0 saturated heterocycles. The Bertz CT molecular complexity index is 552. The lowest BCUT2D eigenvalue weighted by Gasteiger charge is -2.04. The Kier molecular flexibility index (Phi) is 3.95. The van der Waals surface area contributed by atoms with E-state index in [1.54, 1.807) is 12.3 Å². The molecule has 0 atom stereocenters. The van der Waals surface area contributed by atoms with E-state index in [4.69, 9.17) is 16.7 Å². The fourth-order valence-corrected chi connectivity index (χ4v) is 1.87. The number of aryl methyl sites for hydroxylation is 1. The number of halogens is 1. The van der Waals surface area contributed by atoms with Crippen molar-refractivity contribution in [3.63, 3.8) is 0 Å². The molecule has 0 radical (unpaired) electrons. The number of hydrogen-bond donors (Lipinski definition) is 1. The van der Waals surface area contributed by atoms with E-state index in [1.165, 1.54) is 0 Å². The van der Waals surface area contributed by atoms with Crippen LogP contribution in [0.25, 0.3) is 11.1 Å². The molecular weight excluding hydrogens is 250 g/mol. The molecule has 18 heavy (non-hydrogen) atoms. The van der Waals surface area contributed by atoms with Gasteiger partial charge in [-0.15, -0.1) is 0 Å². The Hall–Kier alpha value is -1.87. The lowest BCUT2D eigenvalue weighted by Crippen LogP contribution is -1.97. The molecule has 2 aromatic rings. The minimum Gasteiger partial charge on any atom is -0.481 e. The zero-order valence-electron chi connectivity index (χ0n) is 9.64. The lowest BCUT2D eigenvalue weighted by atomic mass is 10.0. The average Bonchev–Trinajstić information content (AvgIpc) is 2.37. The number of pyridine rings is 1. The Morgan fingerprint density at radius 3 is 2.50 bits per heavy atom. The number of carbonyl (C=O) groups is 1. The smallest absolute Gasteiger partial charge is 0.303 e. The summed E-state index contributed by atoms with van der Waals surface area (Å²) in [6.07, 6.45) is 2.36. The van der Waals surface area contributed by atoms with Crippen molar-refractivity contribution in [3.05, 3.63) is 53.3 Å². The van der Waals surface area contributed by atoms with Crippen LogP contribution in [-0.2, 0) is 11.2 Å². The third kappa shape index (κ3) is 3.31. The van der Waals surface area contributed by atoms with Crippen LogP contribution in [0.1, 0.15) is 12.0 Å². The maximum Gasteiger partial charge on any atom is 0.303 e. The number of aromatic nitrogens is 1. The molecule has 0 fully saturated rings. The first-order valence-corrected chi connectivity index (χ1v) is 5.95. The normalized spacial score (nSPS) is 10.3. The van der Waals surface area contributed by atoms with Gasteiger partial charge in [0.15, 0.2) is 0 Å². The molecule has 0 aliphatic heterocycles. The Balaban J connectivity index is 2.14. The second-order valence-corrected chi connectivity index (χ2v) is 4.35. The van der Waals surface area contributed by atoms with Gasteiger partial charge in [0.05, 0.1) is 0 Å². The monoisotopic (exact) mass is 261 g/mol. The van der Waals surface area contributed by atoms with Crippen LogP contribution < -0.4 is 0 Å². The highest BCUT2D eigenvalue weighted by Gasteiger charge is 2.01. The molecule has 3 nitrogen and oxygen atoms in total. The maximum atomic E-state index is 10.5. The van der Waals surface area contributed by atoms with Crippen molar-refractivity contribution >= 4 is 17.6 Å². The van der Waals surface area contributed by atoms with Crippen molar-refractivity contribution in [1.82, 2.24) is 4.98 Å². The van der Waals surface area contributed by atoms with Gasteiger partial charge >= 0.3 is 5.97 Å². The third-order valence-electron chi connectivity index (χ3n) is 2.64. The van der Waals surface area contributed by atoms with E-state index in [2.05, 4.69) is 4.98 Å². The third-order valence-corrected chi connectivity index (χ3v) is 2.85. The summed E-state index contributed by atoms with van der Waals surface area (Å²) in [6.45, 7) is 0. The topological polar surface area (TPSA) is 50.2 Å². The molecule has 0 aliphatic rings. The van der Waals surface area contributed by atoms with Crippen molar-refractivity contribution in [3.8, 4) is 11.1 Å². The molecule has 0 aliphatic carbocycles. The predicted octanol–water partition coefficient (Wildman–Crippen LogP) is 3.42. The van der Waals surface area contributed by atoms with E-state index in [9.17, 15) is 4.79 Å². The van der Waals surface area contributed by atoms with E-state index in [-0.39, 0.29) is 6.42 Å². The Morgan fingerprint density at radius 2 is 1.89 bits per heavy atom. The van der Waals surface area contributed by atoms with E-state index < -0.39 is 5.97 Å². The average molecular weight is 262 g/mol. The number of carboxylic acids is 1. The molecule has 1 heterocycles. The number of aliphatic carboxylic acids is 1. The van der Waals surface area contributed by atoms with Gasteiger partial charge in [0, 0.05) is 12.6 Å². The summed E-state index contributed by atoms with van der Waals surface area (Å²) >= 11 is 5.83. The summed E-state index contributed by atoms with van der Waals surface area (Å²) in [6, 6.07) is 11.5. The molecule has 1 N–H and O–H groups in total. The molecule has 0 unspecified atom stereocenters. The fraction of sp³-hybridized carbons (Fsp3) is 0.143. The number of carboxylic acid groups (broad SMARTS) is 1. The molecular formula is C14H12ClNO2. The van der Waals surface area contributed by atoms with Crippen LogP contribution in [-0.4, -0.2) is 16.1 Å². The number of nitrogens with zero attached hydrogens (tertiary/aromatic N) is 1. The van der Waals surface area contributed by atoms with Gasteiger partial charge in [0.25, 0.3) is 0 Å². The van der Waals surface area contributed by atoms with Crippen LogP contribution >= 0.6 is 11.6 Å². The summed E-state index contributed by atoms with van der Waals surface area (Å²) in [5.41, 5.74) is 3.06. The molecule has 1 aromatic heterocycles.